The maximum Gasteiger partial charge on any atom is 0.147 e. The number of thiophene rings is 1. The van der Waals surface area contributed by atoms with Crippen LogP contribution < -0.4 is 10.5 Å². The van der Waals surface area contributed by atoms with Crippen molar-refractivity contribution in [2.45, 2.75) is 6.92 Å². The number of ether oxygens (including phenoxy) is 1. The Balaban J connectivity index is 2.14. The molecule has 110 valence electrons. The number of nitrogens with two attached hydrogens (primary N) is 1. The van der Waals surface area contributed by atoms with Crippen molar-refractivity contribution in [3.05, 3.63) is 47.5 Å². The average Bonchev–Trinajstić information content (AvgIpc) is 3.10. The smallest absolute Gasteiger partial charge is 0.147 e. The zero-order chi connectivity index (χ0) is 15.3. The molecule has 0 aliphatic carbocycles. The van der Waals surface area contributed by atoms with Crippen LogP contribution >= 0.6 is 11.3 Å². The largest absolute Gasteiger partial charge is 0.495 e. The molecule has 0 bridgehead atoms. The van der Waals surface area contributed by atoms with E-state index in [4.69, 9.17) is 15.5 Å². The van der Waals surface area contributed by atoms with Gasteiger partial charge in [0.2, 0.25) is 0 Å². The quantitative estimate of drug-likeness (QED) is 0.606. The van der Waals surface area contributed by atoms with Crippen LogP contribution in [0.5, 0.6) is 5.75 Å². The number of benzene rings is 1. The standard InChI is InChI=1S/C17H15N3OS/c1-10-7-8-22-15(10)14-16(18)20-9-13(21-2)11-5-3-4-6-12(11)17(20)19-14/h3-9H,18H2,1-2H3. The fourth-order valence-electron chi connectivity index (χ4n) is 2.79. The van der Waals surface area contributed by atoms with E-state index in [-0.39, 0.29) is 0 Å². The van der Waals surface area contributed by atoms with Crippen LogP contribution in [0, 0.1) is 6.92 Å². The van der Waals surface area contributed by atoms with E-state index in [1.54, 1.807) is 18.4 Å². The van der Waals surface area contributed by atoms with Gasteiger partial charge in [-0.3, -0.25) is 4.40 Å². The molecule has 0 saturated heterocycles. The molecule has 0 amide bonds. The summed E-state index contributed by atoms with van der Waals surface area (Å²) in [4.78, 5) is 5.93. The highest BCUT2D eigenvalue weighted by Crippen LogP contribution is 2.37. The first kappa shape index (κ1) is 13.2. The molecular weight excluding hydrogens is 294 g/mol. The lowest BCUT2D eigenvalue weighted by Gasteiger charge is -2.07. The van der Waals surface area contributed by atoms with Crippen molar-refractivity contribution in [3.8, 4) is 16.3 Å². The molecule has 5 heteroatoms. The molecule has 4 rings (SSSR count). The van der Waals surface area contributed by atoms with E-state index in [1.807, 2.05) is 34.9 Å². The first-order valence-corrected chi connectivity index (χ1v) is 7.86. The highest BCUT2D eigenvalue weighted by atomic mass is 32.1. The SMILES string of the molecule is COc1cn2c(N)c(-c3sccc3C)nc2c2ccccc12. The molecule has 0 aliphatic rings. The van der Waals surface area contributed by atoms with Crippen LogP contribution in [0.1, 0.15) is 5.56 Å². The molecule has 0 saturated carbocycles. The van der Waals surface area contributed by atoms with Gasteiger partial charge in [-0.2, -0.15) is 0 Å². The summed E-state index contributed by atoms with van der Waals surface area (Å²) in [5, 5.41) is 4.14. The Bertz CT molecular complexity index is 1000. The number of rotatable bonds is 2. The predicted molar refractivity (Wildman–Crippen MR) is 91.7 cm³/mol. The lowest BCUT2D eigenvalue weighted by molar-refractivity contribution is 0.417. The third-order valence-corrected chi connectivity index (χ3v) is 4.95. The van der Waals surface area contributed by atoms with Gasteiger partial charge in [-0.05, 0) is 23.9 Å². The monoisotopic (exact) mass is 309 g/mol. The summed E-state index contributed by atoms with van der Waals surface area (Å²) in [5.41, 5.74) is 9.25. The number of hydrogen-bond donors (Lipinski definition) is 1. The number of fused-ring (bicyclic) bond motifs is 3. The number of nitrogen functional groups attached to an aromatic ring is 1. The second-order valence-electron chi connectivity index (χ2n) is 5.22. The minimum absolute atomic E-state index is 0.643. The second-order valence-corrected chi connectivity index (χ2v) is 6.13. The van der Waals surface area contributed by atoms with E-state index < -0.39 is 0 Å². The summed E-state index contributed by atoms with van der Waals surface area (Å²) < 4.78 is 7.43. The van der Waals surface area contributed by atoms with Crippen LogP contribution in [-0.2, 0) is 0 Å². The molecule has 0 radical (unpaired) electrons. The molecule has 0 unspecified atom stereocenters. The maximum atomic E-state index is 6.37. The maximum absolute atomic E-state index is 6.37. The summed E-state index contributed by atoms with van der Waals surface area (Å²) in [6, 6.07) is 10.2. The highest BCUT2D eigenvalue weighted by molar-refractivity contribution is 7.13. The molecule has 0 aliphatic heterocycles. The van der Waals surface area contributed by atoms with Gasteiger partial charge in [0.15, 0.2) is 0 Å². The molecule has 0 atom stereocenters. The molecule has 3 heterocycles. The van der Waals surface area contributed by atoms with Crippen LogP contribution in [0.25, 0.3) is 27.0 Å². The van der Waals surface area contributed by atoms with Gasteiger partial charge < -0.3 is 10.5 Å². The molecule has 1 aromatic carbocycles. The third-order valence-electron chi connectivity index (χ3n) is 3.92. The summed E-state index contributed by atoms with van der Waals surface area (Å²) in [5.74, 6) is 1.44. The Morgan fingerprint density at radius 3 is 2.64 bits per heavy atom. The highest BCUT2D eigenvalue weighted by Gasteiger charge is 2.17. The number of methoxy groups -OCH3 is 1. The fraction of sp³-hybridized carbons (Fsp3) is 0.118. The first-order valence-electron chi connectivity index (χ1n) is 6.98. The molecule has 4 nitrogen and oxygen atoms in total. The van der Waals surface area contributed by atoms with E-state index in [1.165, 1.54) is 5.56 Å². The van der Waals surface area contributed by atoms with Crippen molar-refractivity contribution < 1.29 is 4.74 Å². The van der Waals surface area contributed by atoms with Crippen molar-refractivity contribution >= 4 is 33.6 Å². The van der Waals surface area contributed by atoms with Crippen molar-refractivity contribution in [3.63, 3.8) is 0 Å². The molecule has 2 N–H and O–H groups in total. The van der Waals surface area contributed by atoms with Crippen LogP contribution in [0.15, 0.2) is 41.9 Å². The number of pyridine rings is 1. The van der Waals surface area contributed by atoms with Gasteiger partial charge in [0.05, 0.1) is 18.2 Å². The van der Waals surface area contributed by atoms with Crippen LogP contribution in [0.2, 0.25) is 0 Å². The Kier molecular flexibility index (Phi) is 2.84. The predicted octanol–water partition coefficient (Wildman–Crippen LogP) is 4.12. The summed E-state index contributed by atoms with van der Waals surface area (Å²) >= 11 is 1.66. The number of anilines is 1. The van der Waals surface area contributed by atoms with Crippen molar-refractivity contribution in [2.24, 2.45) is 0 Å². The van der Waals surface area contributed by atoms with Gasteiger partial charge in [0.1, 0.15) is 22.9 Å². The van der Waals surface area contributed by atoms with Crippen molar-refractivity contribution in [2.75, 3.05) is 12.8 Å². The molecule has 3 aromatic heterocycles. The Hall–Kier alpha value is -2.53. The van der Waals surface area contributed by atoms with Crippen LogP contribution in [-0.4, -0.2) is 16.5 Å². The number of nitrogens with zero attached hydrogens (tertiary/aromatic N) is 2. The summed E-state index contributed by atoms with van der Waals surface area (Å²) in [6.07, 6.45) is 1.91. The van der Waals surface area contributed by atoms with Gasteiger partial charge >= 0.3 is 0 Å². The minimum Gasteiger partial charge on any atom is -0.495 e. The van der Waals surface area contributed by atoms with Crippen molar-refractivity contribution in [1.82, 2.24) is 9.38 Å². The van der Waals surface area contributed by atoms with E-state index in [9.17, 15) is 0 Å². The van der Waals surface area contributed by atoms with Gasteiger partial charge in [0, 0.05) is 10.8 Å². The summed E-state index contributed by atoms with van der Waals surface area (Å²) in [6.45, 7) is 2.08. The molecule has 22 heavy (non-hydrogen) atoms. The lowest BCUT2D eigenvalue weighted by atomic mass is 10.1. The zero-order valence-electron chi connectivity index (χ0n) is 12.3. The first-order chi connectivity index (χ1) is 10.7. The van der Waals surface area contributed by atoms with Gasteiger partial charge in [0.25, 0.3) is 0 Å². The van der Waals surface area contributed by atoms with Crippen molar-refractivity contribution in [1.29, 1.82) is 0 Å². The Labute approximate surface area is 131 Å². The van der Waals surface area contributed by atoms with Crippen LogP contribution in [0.4, 0.5) is 5.82 Å². The third kappa shape index (κ3) is 1.72. The summed E-state index contributed by atoms with van der Waals surface area (Å²) in [7, 11) is 1.67. The lowest BCUT2D eigenvalue weighted by Crippen LogP contribution is -1.96. The number of aryl methyl sites for hydroxylation is 1. The van der Waals surface area contributed by atoms with E-state index in [0.29, 0.717) is 5.82 Å². The molecule has 4 aromatic rings. The average molecular weight is 309 g/mol. The Morgan fingerprint density at radius 2 is 1.95 bits per heavy atom. The minimum atomic E-state index is 0.643. The molecular formula is C17H15N3OS. The number of hydrogen-bond acceptors (Lipinski definition) is 4. The zero-order valence-corrected chi connectivity index (χ0v) is 13.1. The molecule has 0 fully saturated rings. The van der Waals surface area contributed by atoms with Crippen LogP contribution in [0.3, 0.4) is 0 Å². The van der Waals surface area contributed by atoms with Gasteiger partial charge in [-0.25, -0.2) is 4.98 Å². The topological polar surface area (TPSA) is 52.5 Å². The normalized spacial score (nSPS) is 11.4. The molecule has 0 spiro atoms. The van der Waals surface area contributed by atoms with Gasteiger partial charge in [-0.15, -0.1) is 11.3 Å². The Morgan fingerprint density at radius 1 is 1.18 bits per heavy atom. The fourth-order valence-corrected chi connectivity index (χ4v) is 3.71. The van der Waals surface area contributed by atoms with E-state index in [2.05, 4.69) is 18.4 Å². The van der Waals surface area contributed by atoms with Gasteiger partial charge in [-0.1, -0.05) is 24.3 Å². The number of imidazole rings is 1. The number of aromatic nitrogens is 2. The van der Waals surface area contributed by atoms with E-state index in [0.717, 1.165) is 32.7 Å². The van der Waals surface area contributed by atoms with E-state index >= 15 is 0 Å². The second kappa shape index (κ2) is 4.74.